The van der Waals surface area contributed by atoms with Crippen molar-refractivity contribution in [3.63, 3.8) is 0 Å². The molecule has 0 aliphatic heterocycles. The molecule has 0 radical (unpaired) electrons. The molecule has 0 saturated heterocycles. The summed E-state index contributed by atoms with van der Waals surface area (Å²) in [7, 11) is 0. The molecule has 6 heteroatoms. The van der Waals surface area contributed by atoms with Gasteiger partial charge in [-0.15, -0.1) is 0 Å². The van der Waals surface area contributed by atoms with Gasteiger partial charge in [0.2, 0.25) is 5.91 Å². The minimum Gasteiger partial charge on any atom is -0.346 e. The molecule has 2 heterocycles. The van der Waals surface area contributed by atoms with Gasteiger partial charge < -0.3 is 10.3 Å². The number of anilines is 1. The highest BCUT2D eigenvalue weighted by Gasteiger charge is 2.24. The van der Waals surface area contributed by atoms with Gasteiger partial charge in [-0.2, -0.15) is 0 Å². The van der Waals surface area contributed by atoms with Crippen LogP contribution in [0.5, 0.6) is 0 Å². The molecule has 0 spiro atoms. The lowest BCUT2D eigenvalue weighted by molar-refractivity contribution is -0.131. The standard InChI is InChI=1S/C35H39N3O3/c1-5-10-24(6-2)15-16-30(23(4)39)33(40)18-25-11-8-13-27(17-25)32-22-37-35-31(32)20-28(21-36-35)26-12-9-14-29(19-26)38-34(41)7-3/h7-9,11-14,17,19-22,24,30H,3,5-6,10,15-16,18H2,1-2,4H3,(H,36,37)(H,38,41). The fourth-order valence-electron chi connectivity index (χ4n) is 5.50. The lowest BCUT2D eigenvalue weighted by Gasteiger charge is -2.18. The van der Waals surface area contributed by atoms with Gasteiger partial charge in [0.1, 0.15) is 17.2 Å². The molecule has 2 unspecified atom stereocenters. The molecule has 4 aromatic rings. The van der Waals surface area contributed by atoms with E-state index in [4.69, 9.17) is 0 Å². The molecule has 0 aliphatic rings. The molecule has 2 aromatic heterocycles. The van der Waals surface area contributed by atoms with Crippen LogP contribution >= 0.6 is 0 Å². The van der Waals surface area contributed by atoms with Crippen molar-refractivity contribution in [2.45, 2.75) is 59.3 Å². The number of H-pyrrole nitrogens is 1. The molecule has 4 rings (SSSR count). The number of carbonyl (C=O) groups is 3. The molecule has 41 heavy (non-hydrogen) atoms. The maximum Gasteiger partial charge on any atom is 0.247 e. The summed E-state index contributed by atoms with van der Waals surface area (Å²) >= 11 is 0. The Bertz CT molecular complexity index is 1550. The predicted octanol–water partition coefficient (Wildman–Crippen LogP) is 7.94. The Morgan fingerprint density at radius 2 is 1.76 bits per heavy atom. The van der Waals surface area contributed by atoms with E-state index in [1.807, 2.05) is 54.7 Å². The quantitative estimate of drug-likeness (QED) is 0.123. The molecule has 212 valence electrons. The number of rotatable bonds is 14. The second-order valence-electron chi connectivity index (χ2n) is 10.7. The van der Waals surface area contributed by atoms with Gasteiger partial charge in [0.05, 0.1) is 5.92 Å². The predicted molar refractivity (Wildman–Crippen MR) is 167 cm³/mol. The normalized spacial score (nSPS) is 12.6. The average molecular weight is 550 g/mol. The average Bonchev–Trinajstić information content (AvgIpc) is 3.40. The summed E-state index contributed by atoms with van der Waals surface area (Å²) in [5, 5.41) is 3.75. The molecule has 0 bridgehead atoms. The number of aromatic nitrogens is 2. The largest absolute Gasteiger partial charge is 0.346 e. The number of Topliss-reactive ketones (excluding diaryl/α,β-unsaturated/α-hetero) is 2. The van der Waals surface area contributed by atoms with E-state index in [1.165, 1.54) is 6.08 Å². The minimum atomic E-state index is -0.545. The first-order chi connectivity index (χ1) is 19.8. The zero-order chi connectivity index (χ0) is 29.4. The lowest BCUT2D eigenvalue weighted by Crippen LogP contribution is -2.24. The third kappa shape index (κ3) is 7.46. The fraction of sp³-hybridized carbons (Fsp3) is 0.314. The van der Waals surface area contributed by atoms with Gasteiger partial charge in [-0.25, -0.2) is 4.98 Å². The maximum atomic E-state index is 13.3. The van der Waals surface area contributed by atoms with Crippen LogP contribution in [0.4, 0.5) is 5.69 Å². The Hall–Kier alpha value is -4.32. The van der Waals surface area contributed by atoms with Crippen molar-refractivity contribution in [3.05, 3.63) is 85.2 Å². The summed E-state index contributed by atoms with van der Waals surface area (Å²) in [6.45, 7) is 9.41. The Morgan fingerprint density at radius 3 is 2.49 bits per heavy atom. The summed E-state index contributed by atoms with van der Waals surface area (Å²) in [6.07, 6.45) is 10.1. The van der Waals surface area contributed by atoms with Crippen LogP contribution in [0.1, 0.15) is 58.4 Å². The molecule has 2 atom stereocenters. The third-order valence-corrected chi connectivity index (χ3v) is 7.81. The molecule has 6 nitrogen and oxygen atoms in total. The number of ketones is 2. The second-order valence-corrected chi connectivity index (χ2v) is 10.7. The van der Waals surface area contributed by atoms with Crippen molar-refractivity contribution in [2.24, 2.45) is 11.8 Å². The van der Waals surface area contributed by atoms with E-state index in [0.29, 0.717) is 18.0 Å². The number of aromatic amines is 1. The number of benzene rings is 2. The number of hydrogen-bond acceptors (Lipinski definition) is 4. The first-order valence-corrected chi connectivity index (χ1v) is 14.5. The third-order valence-electron chi connectivity index (χ3n) is 7.81. The van der Waals surface area contributed by atoms with Crippen molar-refractivity contribution in [2.75, 3.05) is 5.32 Å². The molecule has 1 amide bonds. The first-order valence-electron chi connectivity index (χ1n) is 14.5. The van der Waals surface area contributed by atoms with Gasteiger partial charge in [-0.05, 0) is 66.6 Å². The zero-order valence-electron chi connectivity index (χ0n) is 24.2. The first kappa shape index (κ1) is 29.7. The van der Waals surface area contributed by atoms with E-state index < -0.39 is 5.92 Å². The summed E-state index contributed by atoms with van der Waals surface area (Å²) in [5.41, 5.74) is 6.12. The summed E-state index contributed by atoms with van der Waals surface area (Å²) in [4.78, 5) is 45.3. The topological polar surface area (TPSA) is 91.9 Å². The van der Waals surface area contributed by atoms with E-state index in [2.05, 4.69) is 41.8 Å². The Balaban J connectivity index is 1.56. The van der Waals surface area contributed by atoms with Gasteiger partial charge in [0, 0.05) is 41.0 Å². The van der Waals surface area contributed by atoms with Gasteiger partial charge in [0.15, 0.2) is 0 Å². The molecule has 2 aromatic carbocycles. The number of hydrogen-bond donors (Lipinski definition) is 2. The van der Waals surface area contributed by atoms with Crippen LogP contribution in [-0.4, -0.2) is 27.4 Å². The Labute approximate surface area is 242 Å². The molecular weight excluding hydrogens is 510 g/mol. The number of pyridine rings is 1. The summed E-state index contributed by atoms with van der Waals surface area (Å²) in [5.74, 6) is -0.297. The van der Waals surface area contributed by atoms with Crippen molar-refractivity contribution in [3.8, 4) is 22.3 Å². The van der Waals surface area contributed by atoms with Crippen molar-refractivity contribution < 1.29 is 14.4 Å². The maximum absolute atomic E-state index is 13.3. The van der Waals surface area contributed by atoms with Crippen LogP contribution in [0.25, 0.3) is 33.3 Å². The fourth-order valence-corrected chi connectivity index (χ4v) is 5.50. The second kappa shape index (κ2) is 13.8. The smallest absolute Gasteiger partial charge is 0.247 e. The van der Waals surface area contributed by atoms with Gasteiger partial charge in [-0.3, -0.25) is 14.4 Å². The number of fused-ring (bicyclic) bond motifs is 1. The lowest BCUT2D eigenvalue weighted by atomic mass is 9.85. The van der Waals surface area contributed by atoms with E-state index in [1.54, 1.807) is 13.1 Å². The van der Waals surface area contributed by atoms with Crippen LogP contribution in [0.2, 0.25) is 0 Å². The number of nitrogens with one attached hydrogen (secondary N) is 2. The molecule has 0 saturated carbocycles. The number of carbonyl (C=O) groups excluding carboxylic acids is 3. The summed E-state index contributed by atoms with van der Waals surface area (Å²) in [6, 6.07) is 17.6. The minimum absolute atomic E-state index is 0.00712. The van der Waals surface area contributed by atoms with Crippen LogP contribution in [0.15, 0.2) is 79.6 Å². The van der Waals surface area contributed by atoms with Crippen LogP contribution in [-0.2, 0) is 20.8 Å². The Kier molecular flexibility index (Phi) is 10.0. The van der Waals surface area contributed by atoms with Crippen LogP contribution in [0.3, 0.4) is 0 Å². The highest BCUT2D eigenvalue weighted by Crippen LogP contribution is 2.32. The SMILES string of the molecule is C=CC(=O)Nc1cccc(-c2cnc3[nH]cc(-c4cccc(CC(=O)C(CCC(CC)CCC)C(C)=O)c4)c3c2)c1. The van der Waals surface area contributed by atoms with E-state index in [0.717, 1.165) is 64.5 Å². The van der Waals surface area contributed by atoms with Crippen molar-refractivity contribution in [1.82, 2.24) is 9.97 Å². The molecule has 0 fully saturated rings. The zero-order valence-corrected chi connectivity index (χ0v) is 24.2. The monoisotopic (exact) mass is 549 g/mol. The highest BCUT2D eigenvalue weighted by molar-refractivity contribution is 6.02. The molecular formula is C35H39N3O3. The van der Waals surface area contributed by atoms with Gasteiger partial charge >= 0.3 is 0 Å². The Morgan fingerprint density at radius 1 is 0.976 bits per heavy atom. The van der Waals surface area contributed by atoms with Gasteiger partial charge in [-0.1, -0.05) is 76.1 Å². The molecule has 0 aliphatic carbocycles. The van der Waals surface area contributed by atoms with Crippen molar-refractivity contribution >= 4 is 34.2 Å². The highest BCUT2D eigenvalue weighted by atomic mass is 16.2. The van der Waals surface area contributed by atoms with Gasteiger partial charge in [0.25, 0.3) is 0 Å². The van der Waals surface area contributed by atoms with Crippen molar-refractivity contribution in [1.29, 1.82) is 0 Å². The summed E-state index contributed by atoms with van der Waals surface area (Å²) < 4.78 is 0. The molecule has 2 N–H and O–H groups in total. The van der Waals surface area contributed by atoms with E-state index in [-0.39, 0.29) is 23.9 Å². The van der Waals surface area contributed by atoms with Crippen LogP contribution in [0, 0.1) is 11.8 Å². The van der Waals surface area contributed by atoms with E-state index in [9.17, 15) is 14.4 Å². The number of nitrogens with zero attached hydrogens (tertiary/aromatic N) is 1. The van der Waals surface area contributed by atoms with E-state index >= 15 is 0 Å². The van der Waals surface area contributed by atoms with Crippen LogP contribution < -0.4 is 5.32 Å². The number of amides is 1.